The van der Waals surface area contributed by atoms with E-state index in [4.69, 9.17) is 5.11 Å². The third-order valence-corrected chi connectivity index (χ3v) is 3.02. The van der Waals surface area contributed by atoms with E-state index in [1.807, 2.05) is 0 Å². The first kappa shape index (κ1) is 10.8. The largest absolute Gasteiger partial charge is 0.508 e. The van der Waals surface area contributed by atoms with Crippen LogP contribution in [-0.4, -0.2) is 21.3 Å². The average molecular weight is 222 g/mol. The number of phenolic OH excluding ortho intramolecular Hbond substituents is 2. The third kappa shape index (κ3) is 2.10. The van der Waals surface area contributed by atoms with Gasteiger partial charge in [-0.05, 0) is 30.9 Å². The van der Waals surface area contributed by atoms with E-state index >= 15 is 0 Å². The lowest BCUT2D eigenvalue weighted by Crippen LogP contribution is -2.08. The summed E-state index contributed by atoms with van der Waals surface area (Å²) in [6.45, 7) is 0. The van der Waals surface area contributed by atoms with E-state index in [0.29, 0.717) is 5.56 Å². The molecule has 1 atom stereocenters. The van der Waals surface area contributed by atoms with Gasteiger partial charge in [-0.2, -0.15) is 0 Å². The summed E-state index contributed by atoms with van der Waals surface area (Å²) in [5.41, 5.74) is 0.382. The van der Waals surface area contributed by atoms with Crippen molar-refractivity contribution >= 4 is 5.97 Å². The Hall–Kier alpha value is -1.71. The molecule has 0 spiro atoms. The Balaban J connectivity index is 2.34. The Morgan fingerprint density at radius 1 is 1.31 bits per heavy atom. The van der Waals surface area contributed by atoms with Crippen molar-refractivity contribution in [3.63, 3.8) is 0 Å². The molecule has 1 aromatic rings. The van der Waals surface area contributed by atoms with Gasteiger partial charge in [0.15, 0.2) is 0 Å². The molecular formula is C12H14O4. The topological polar surface area (TPSA) is 77.8 Å². The molecule has 0 aliphatic heterocycles. The van der Waals surface area contributed by atoms with Crippen molar-refractivity contribution in [1.82, 2.24) is 0 Å². The second-order valence-corrected chi connectivity index (χ2v) is 4.25. The van der Waals surface area contributed by atoms with Gasteiger partial charge in [0, 0.05) is 11.5 Å². The van der Waals surface area contributed by atoms with Crippen molar-refractivity contribution in [2.45, 2.75) is 25.2 Å². The van der Waals surface area contributed by atoms with Gasteiger partial charge in [-0.15, -0.1) is 0 Å². The molecule has 3 N–H and O–H groups in total. The highest BCUT2D eigenvalue weighted by Gasteiger charge is 2.36. The molecule has 0 amide bonds. The number of aliphatic carboxylic acids is 1. The lowest BCUT2D eigenvalue weighted by molar-refractivity contribution is -0.137. The Morgan fingerprint density at radius 3 is 2.31 bits per heavy atom. The van der Waals surface area contributed by atoms with Crippen LogP contribution >= 0.6 is 0 Å². The van der Waals surface area contributed by atoms with Crippen LogP contribution in [-0.2, 0) is 4.79 Å². The normalized spacial score (nSPS) is 17.0. The van der Waals surface area contributed by atoms with Gasteiger partial charge in [0.25, 0.3) is 0 Å². The van der Waals surface area contributed by atoms with Crippen LogP contribution < -0.4 is 0 Å². The van der Waals surface area contributed by atoms with Gasteiger partial charge in [0.1, 0.15) is 11.5 Å². The molecule has 2 rings (SSSR count). The number of benzene rings is 1. The summed E-state index contributed by atoms with van der Waals surface area (Å²) in [5, 5.41) is 28.2. The minimum atomic E-state index is -0.903. The second-order valence-electron chi connectivity index (χ2n) is 4.25. The van der Waals surface area contributed by atoms with Gasteiger partial charge >= 0.3 is 5.97 Å². The Morgan fingerprint density at radius 2 is 1.88 bits per heavy atom. The van der Waals surface area contributed by atoms with Crippen LogP contribution in [0.2, 0.25) is 0 Å². The lowest BCUT2D eigenvalue weighted by Gasteiger charge is -2.17. The summed E-state index contributed by atoms with van der Waals surface area (Å²) in [5.74, 6) is -0.940. The second kappa shape index (κ2) is 4.04. The van der Waals surface area contributed by atoms with E-state index in [2.05, 4.69) is 0 Å². The molecule has 1 saturated carbocycles. The molecule has 16 heavy (non-hydrogen) atoms. The van der Waals surface area contributed by atoms with Gasteiger partial charge < -0.3 is 15.3 Å². The molecule has 0 aromatic heterocycles. The molecule has 1 unspecified atom stereocenters. The number of phenols is 2. The molecule has 0 radical (unpaired) electrons. The van der Waals surface area contributed by atoms with Crippen LogP contribution in [0.5, 0.6) is 11.5 Å². The van der Waals surface area contributed by atoms with E-state index < -0.39 is 5.97 Å². The first-order valence-corrected chi connectivity index (χ1v) is 5.32. The fraction of sp³-hybridized carbons (Fsp3) is 0.417. The van der Waals surface area contributed by atoms with Crippen molar-refractivity contribution < 1.29 is 20.1 Å². The van der Waals surface area contributed by atoms with Crippen LogP contribution in [0.4, 0.5) is 0 Å². The first-order chi connectivity index (χ1) is 7.59. The van der Waals surface area contributed by atoms with Crippen molar-refractivity contribution in [3.05, 3.63) is 23.8 Å². The fourth-order valence-electron chi connectivity index (χ4n) is 2.11. The predicted molar refractivity (Wildman–Crippen MR) is 57.5 cm³/mol. The maximum absolute atomic E-state index is 10.8. The zero-order valence-corrected chi connectivity index (χ0v) is 8.76. The number of carbonyl (C=O) groups is 1. The van der Waals surface area contributed by atoms with Crippen molar-refractivity contribution in [1.29, 1.82) is 0 Å². The molecule has 1 aliphatic rings. The summed E-state index contributed by atoms with van der Waals surface area (Å²) in [4.78, 5) is 10.8. The molecule has 1 aliphatic carbocycles. The van der Waals surface area contributed by atoms with Crippen LogP contribution in [0.3, 0.4) is 0 Å². The van der Waals surface area contributed by atoms with Crippen molar-refractivity contribution in [3.8, 4) is 11.5 Å². The van der Waals surface area contributed by atoms with Crippen LogP contribution in [0.1, 0.15) is 30.7 Å². The molecule has 0 heterocycles. The molecule has 4 nitrogen and oxygen atoms in total. The van der Waals surface area contributed by atoms with Gasteiger partial charge in [-0.3, -0.25) is 4.79 Å². The van der Waals surface area contributed by atoms with Crippen molar-refractivity contribution in [2.24, 2.45) is 5.92 Å². The van der Waals surface area contributed by atoms with Crippen LogP contribution in [0, 0.1) is 5.92 Å². The summed E-state index contributed by atoms with van der Waals surface area (Å²) in [7, 11) is 0. The highest BCUT2D eigenvalue weighted by Crippen LogP contribution is 2.49. The van der Waals surface area contributed by atoms with E-state index in [1.165, 1.54) is 12.1 Å². The third-order valence-electron chi connectivity index (χ3n) is 3.02. The predicted octanol–water partition coefficient (Wildman–Crippen LogP) is 2.07. The number of carboxylic acid groups (broad SMARTS) is 1. The first-order valence-electron chi connectivity index (χ1n) is 5.32. The highest BCUT2D eigenvalue weighted by atomic mass is 16.4. The lowest BCUT2D eigenvalue weighted by atomic mass is 9.89. The molecule has 1 fully saturated rings. The highest BCUT2D eigenvalue weighted by molar-refractivity contribution is 5.69. The molecule has 86 valence electrons. The molecule has 0 bridgehead atoms. The van der Waals surface area contributed by atoms with E-state index in [0.717, 1.165) is 12.8 Å². The molecule has 4 heteroatoms. The smallest absolute Gasteiger partial charge is 0.303 e. The Bertz CT molecular complexity index is 389. The van der Waals surface area contributed by atoms with Crippen molar-refractivity contribution in [2.75, 3.05) is 0 Å². The van der Waals surface area contributed by atoms with Gasteiger partial charge in [-0.25, -0.2) is 0 Å². The maximum Gasteiger partial charge on any atom is 0.303 e. The number of hydrogen-bond donors (Lipinski definition) is 3. The van der Waals surface area contributed by atoms with Gasteiger partial charge in [-0.1, -0.05) is 6.07 Å². The number of carboxylic acids is 1. The monoisotopic (exact) mass is 222 g/mol. The van der Waals surface area contributed by atoms with E-state index in [9.17, 15) is 15.0 Å². The summed E-state index contributed by atoms with van der Waals surface area (Å²) in [6.07, 6.45) is 1.88. The number of aromatic hydroxyl groups is 2. The zero-order valence-electron chi connectivity index (χ0n) is 8.76. The van der Waals surface area contributed by atoms with Gasteiger partial charge in [0.2, 0.25) is 0 Å². The van der Waals surface area contributed by atoms with Gasteiger partial charge in [0.05, 0.1) is 6.42 Å². The van der Waals surface area contributed by atoms with Crippen LogP contribution in [0.25, 0.3) is 0 Å². The summed E-state index contributed by atoms with van der Waals surface area (Å²) in [6, 6.07) is 4.50. The SMILES string of the molecule is O=C(O)CC(c1c(O)cccc1O)C1CC1. The molecule has 1 aromatic carbocycles. The number of hydrogen-bond acceptors (Lipinski definition) is 3. The minimum Gasteiger partial charge on any atom is -0.508 e. The van der Waals surface area contributed by atoms with E-state index in [1.54, 1.807) is 6.07 Å². The fourth-order valence-corrected chi connectivity index (χ4v) is 2.11. The Kier molecular flexibility index (Phi) is 2.73. The molecular weight excluding hydrogens is 208 g/mol. The maximum atomic E-state index is 10.8. The average Bonchev–Trinajstić information content (AvgIpc) is 2.98. The summed E-state index contributed by atoms with van der Waals surface area (Å²) < 4.78 is 0. The van der Waals surface area contributed by atoms with E-state index in [-0.39, 0.29) is 29.8 Å². The minimum absolute atomic E-state index is 0.0156. The quantitative estimate of drug-likeness (QED) is 0.728. The summed E-state index contributed by atoms with van der Waals surface area (Å²) >= 11 is 0. The Labute approximate surface area is 93.2 Å². The molecule has 0 saturated heterocycles. The zero-order chi connectivity index (χ0) is 11.7. The number of rotatable bonds is 4. The van der Waals surface area contributed by atoms with Crippen LogP contribution in [0.15, 0.2) is 18.2 Å². The standard InChI is InChI=1S/C12H14O4/c13-9-2-1-3-10(14)12(9)8(6-11(15)16)7-4-5-7/h1-3,7-8,13-14H,4-6H2,(H,15,16).